The van der Waals surface area contributed by atoms with Gasteiger partial charge in [-0.3, -0.25) is 0 Å². The lowest BCUT2D eigenvalue weighted by atomic mass is 10.1. The summed E-state index contributed by atoms with van der Waals surface area (Å²) in [5.74, 6) is 0.250. The van der Waals surface area contributed by atoms with Crippen molar-refractivity contribution < 1.29 is 5.11 Å². The Bertz CT molecular complexity index is 54.5. The van der Waals surface area contributed by atoms with E-state index < -0.39 is 6.23 Å². The van der Waals surface area contributed by atoms with Crippen molar-refractivity contribution in [1.82, 2.24) is 0 Å². The van der Waals surface area contributed by atoms with E-state index in [4.69, 9.17) is 10.8 Å². The van der Waals surface area contributed by atoms with Crippen LogP contribution in [0.3, 0.4) is 0 Å². The molecule has 50 valence electrons. The summed E-state index contributed by atoms with van der Waals surface area (Å²) in [5, 5.41) is 8.73. The Morgan fingerprint density at radius 1 is 1.62 bits per heavy atom. The second-order valence-corrected chi connectivity index (χ2v) is 2.26. The monoisotopic (exact) mass is 117 g/mol. The van der Waals surface area contributed by atoms with Crippen molar-refractivity contribution in [2.45, 2.75) is 32.9 Å². The van der Waals surface area contributed by atoms with Crippen LogP contribution < -0.4 is 5.73 Å². The van der Waals surface area contributed by atoms with Gasteiger partial charge in [-0.25, -0.2) is 0 Å². The van der Waals surface area contributed by atoms with Crippen molar-refractivity contribution in [2.75, 3.05) is 0 Å². The van der Waals surface area contributed by atoms with E-state index in [1.165, 1.54) is 0 Å². The van der Waals surface area contributed by atoms with Crippen molar-refractivity contribution >= 4 is 0 Å². The standard InChI is InChI=1S/C6H15NO/c1-3-4-5(2)6(7)8/h5-6,8H,3-4,7H2,1-2H3/t5-,6-/m0/s1. The minimum Gasteiger partial charge on any atom is -0.379 e. The third kappa shape index (κ3) is 2.99. The molecule has 0 spiro atoms. The van der Waals surface area contributed by atoms with Gasteiger partial charge in [0.25, 0.3) is 0 Å². The molecular weight excluding hydrogens is 102 g/mol. The highest BCUT2D eigenvalue weighted by molar-refractivity contribution is 4.55. The number of nitrogens with two attached hydrogens (primary N) is 1. The lowest BCUT2D eigenvalue weighted by molar-refractivity contribution is 0.118. The van der Waals surface area contributed by atoms with E-state index in [0.717, 1.165) is 12.8 Å². The van der Waals surface area contributed by atoms with Gasteiger partial charge >= 0.3 is 0 Å². The van der Waals surface area contributed by atoms with E-state index in [0.29, 0.717) is 0 Å². The molecule has 3 N–H and O–H groups in total. The summed E-state index contributed by atoms with van der Waals surface area (Å²) in [6, 6.07) is 0. The van der Waals surface area contributed by atoms with Gasteiger partial charge in [-0.15, -0.1) is 0 Å². The second kappa shape index (κ2) is 3.87. The molecule has 0 radical (unpaired) electrons. The van der Waals surface area contributed by atoms with E-state index in [9.17, 15) is 0 Å². The Hall–Kier alpha value is -0.0800. The zero-order valence-electron chi connectivity index (χ0n) is 5.59. The van der Waals surface area contributed by atoms with Crippen LogP contribution in [0.25, 0.3) is 0 Å². The van der Waals surface area contributed by atoms with Crippen LogP contribution in [0.15, 0.2) is 0 Å². The van der Waals surface area contributed by atoms with E-state index >= 15 is 0 Å². The molecule has 0 unspecified atom stereocenters. The molecule has 0 aliphatic rings. The minimum atomic E-state index is -0.630. The van der Waals surface area contributed by atoms with Crippen molar-refractivity contribution in [1.29, 1.82) is 0 Å². The van der Waals surface area contributed by atoms with E-state index in [1.807, 2.05) is 6.92 Å². The molecule has 2 atom stereocenters. The number of rotatable bonds is 3. The lowest BCUT2D eigenvalue weighted by Gasteiger charge is -2.11. The molecule has 0 saturated carbocycles. The highest BCUT2D eigenvalue weighted by atomic mass is 16.3. The fourth-order valence-corrected chi connectivity index (χ4v) is 0.626. The summed E-state index contributed by atoms with van der Waals surface area (Å²) in [5.41, 5.74) is 5.18. The Morgan fingerprint density at radius 2 is 2.12 bits per heavy atom. The van der Waals surface area contributed by atoms with Crippen LogP contribution >= 0.6 is 0 Å². The maximum atomic E-state index is 8.73. The predicted molar refractivity (Wildman–Crippen MR) is 34.3 cm³/mol. The SMILES string of the molecule is CCC[C@H](C)[C@@H](N)O. The summed E-state index contributed by atoms with van der Waals surface area (Å²) in [4.78, 5) is 0. The van der Waals surface area contributed by atoms with E-state index in [-0.39, 0.29) is 5.92 Å². The van der Waals surface area contributed by atoms with Crippen molar-refractivity contribution in [3.05, 3.63) is 0 Å². The summed E-state index contributed by atoms with van der Waals surface area (Å²) in [7, 11) is 0. The third-order valence-corrected chi connectivity index (χ3v) is 1.33. The van der Waals surface area contributed by atoms with E-state index in [2.05, 4.69) is 6.92 Å². The molecule has 0 heterocycles. The van der Waals surface area contributed by atoms with Gasteiger partial charge in [0.2, 0.25) is 0 Å². The van der Waals surface area contributed by atoms with E-state index in [1.54, 1.807) is 0 Å². The zero-order chi connectivity index (χ0) is 6.57. The fraction of sp³-hybridized carbons (Fsp3) is 1.00. The van der Waals surface area contributed by atoms with Gasteiger partial charge in [0.15, 0.2) is 0 Å². The van der Waals surface area contributed by atoms with Crippen LogP contribution in [0.5, 0.6) is 0 Å². The molecule has 0 aliphatic heterocycles. The molecule has 2 heteroatoms. The molecule has 0 aromatic heterocycles. The first-order valence-corrected chi connectivity index (χ1v) is 3.12. The number of hydrogen-bond acceptors (Lipinski definition) is 2. The minimum absolute atomic E-state index is 0.250. The Labute approximate surface area is 50.7 Å². The van der Waals surface area contributed by atoms with Crippen molar-refractivity contribution in [3.63, 3.8) is 0 Å². The molecule has 0 fully saturated rings. The molecule has 0 bridgehead atoms. The van der Waals surface area contributed by atoms with Crippen molar-refractivity contribution in [3.8, 4) is 0 Å². The van der Waals surface area contributed by atoms with Gasteiger partial charge in [0, 0.05) is 0 Å². The number of hydrogen-bond donors (Lipinski definition) is 2. The Kier molecular flexibility index (Phi) is 3.83. The molecule has 0 aromatic rings. The lowest BCUT2D eigenvalue weighted by Crippen LogP contribution is -2.27. The zero-order valence-corrected chi connectivity index (χ0v) is 5.59. The number of aliphatic hydroxyl groups is 1. The topological polar surface area (TPSA) is 46.2 Å². The molecule has 0 aliphatic carbocycles. The van der Waals surface area contributed by atoms with Gasteiger partial charge in [-0.2, -0.15) is 0 Å². The average Bonchev–Trinajstić information content (AvgIpc) is 1.67. The maximum absolute atomic E-state index is 8.73. The van der Waals surface area contributed by atoms with Gasteiger partial charge < -0.3 is 10.8 Å². The fourth-order valence-electron chi connectivity index (χ4n) is 0.626. The van der Waals surface area contributed by atoms with Gasteiger partial charge in [0.1, 0.15) is 6.23 Å². The summed E-state index contributed by atoms with van der Waals surface area (Å²) in [6.07, 6.45) is 1.47. The second-order valence-electron chi connectivity index (χ2n) is 2.26. The average molecular weight is 117 g/mol. The first-order chi connectivity index (χ1) is 3.68. The predicted octanol–water partition coefficient (Wildman–Crippen LogP) is 0.700. The van der Waals surface area contributed by atoms with Crippen LogP contribution in [0, 0.1) is 5.92 Å². The van der Waals surface area contributed by atoms with Gasteiger partial charge in [0.05, 0.1) is 0 Å². The molecule has 0 aromatic carbocycles. The van der Waals surface area contributed by atoms with Crippen LogP contribution in [0.4, 0.5) is 0 Å². The molecular formula is C6H15NO. The van der Waals surface area contributed by atoms with Gasteiger partial charge in [-0.1, -0.05) is 20.3 Å². The quantitative estimate of drug-likeness (QED) is 0.534. The molecule has 2 nitrogen and oxygen atoms in total. The molecule has 0 saturated heterocycles. The molecule has 8 heavy (non-hydrogen) atoms. The normalized spacial score (nSPS) is 18.0. The largest absolute Gasteiger partial charge is 0.379 e. The van der Waals surface area contributed by atoms with Crippen LogP contribution in [-0.2, 0) is 0 Å². The number of aliphatic hydroxyl groups excluding tert-OH is 1. The highest BCUT2D eigenvalue weighted by Gasteiger charge is 2.05. The molecule has 0 rings (SSSR count). The van der Waals surface area contributed by atoms with Crippen LogP contribution in [-0.4, -0.2) is 11.3 Å². The maximum Gasteiger partial charge on any atom is 0.104 e. The van der Waals surface area contributed by atoms with Crippen LogP contribution in [0.1, 0.15) is 26.7 Å². The van der Waals surface area contributed by atoms with Gasteiger partial charge in [-0.05, 0) is 12.3 Å². The summed E-state index contributed by atoms with van der Waals surface area (Å²) < 4.78 is 0. The molecule has 0 amide bonds. The summed E-state index contributed by atoms with van der Waals surface area (Å²) in [6.45, 7) is 4.03. The smallest absolute Gasteiger partial charge is 0.104 e. The Balaban J connectivity index is 3.17. The van der Waals surface area contributed by atoms with Crippen LogP contribution in [0.2, 0.25) is 0 Å². The first kappa shape index (κ1) is 7.92. The third-order valence-electron chi connectivity index (χ3n) is 1.33. The summed E-state index contributed by atoms with van der Waals surface area (Å²) >= 11 is 0. The Morgan fingerprint density at radius 3 is 2.25 bits per heavy atom. The first-order valence-electron chi connectivity index (χ1n) is 3.12. The van der Waals surface area contributed by atoms with Crippen molar-refractivity contribution in [2.24, 2.45) is 11.7 Å². The highest BCUT2D eigenvalue weighted by Crippen LogP contribution is 2.05.